The number of aromatic nitrogens is 2. The highest BCUT2D eigenvalue weighted by Crippen LogP contribution is 2.15. The van der Waals surface area contributed by atoms with Crippen LogP contribution in [0.4, 0.5) is 5.95 Å². The highest BCUT2D eigenvalue weighted by Gasteiger charge is 2.32. The maximum absolute atomic E-state index is 13.2. The molecule has 1 saturated heterocycles. The summed E-state index contributed by atoms with van der Waals surface area (Å²) < 4.78 is 0. The average molecular weight is 381 g/mol. The lowest BCUT2D eigenvalue weighted by Gasteiger charge is -2.37. The van der Waals surface area contributed by atoms with Gasteiger partial charge < -0.3 is 15.1 Å². The van der Waals surface area contributed by atoms with Crippen LogP contribution >= 0.6 is 0 Å². The molecule has 28 heavy (non-hydrogen) atoms. The van der Waals surface area contributed by atoms with Crippen LogP contribution in [0.25, 0.3) is 0 Å². The van der Waals surface area contributed by atoms with Crippen LogP contribution in [0.5, 0.6) is 0 Å². The molecule has 1 aliphatic heterocycles. The molecule has 2 heterocycles. The molecule has 0 radical (unpaired) electrons. The first-order valence-corrected chi connectivity index (χ1v) is 9.76. The van der Waals surface area contributed by atoms with Crippen LogP contribution in [0.1, 0.15) is 30.6 Å². The lowest BCUT2D eigenvalue weighted by atomic mass is 9.97. The molecule has 2 amide bonds. The molecule has 2 atom stereocenters. The van der Waals surface area contributed by atoms with Gasteiger partial charge in [-0.15, -0.1) is 0 Å². The van der Waals surface area contributed by atoms with Crippen LogP contribution in [-0.4, -0.2) is 58.9 Å². The molecular formula is C21H27N5O2. The lowest BCUT2D eigenvalue weighted by Crippen LogP contribution is -2.57. The van der Waals surface area contributed by atoms with Gasteiger partial charge in [-0.05, 0) is 24.1 Å². The summed E-state index contributed by atoms with van der Waals surface area (Å²) in [5, 5.41) is 2.96. The molecule has 1 fully saturated rings. The summed E-state index contributed by atoms with van der Waals surface area (Å²) in [4.78, 5) is 38.2. The summed E-state index contributed by atoms with van der Waals surface area (Å²) in [6.45, 7) is 6.56. The van der Waals surface area contributed by atoms with E-state index < -0.39 is 6.04 Å². The molecular weight excluding hydrogens is 354 g/mol. The maximum Gasteiger partial charge on any atom is 0.251 e. The fourth-order valence-electron chi connectivity index (χ4n) is 3.28. The smallest absolute Gasteiger partial charge is 0.251 e. The zero-order chi connectivity index (χ0) is 19.9. The summed E-state index contributed by atoms with van der Waals surface area (Å²) >= 11 is 0. The summed E-state index contributed by atoms with van der Waals surface area (Å²) in [6, 6.07) is 10.3. The van der Waals surface area contributed by atoms with Crippen LogP contribution in [0.2, 0.25) is 0 Å². The van der Waals surface area contributed by atoms with Gasteiger partial charge in [0.25, 0.3) is 5.91 Å². The van der Waals surface area contributed by atoms with Crippen LogP contribution in [0, 0.1) is 5.92 Å². The van der Waals surface area contributed by atoms with E-state index in [2.05, 4.69) is 20.2 Å². The molecule has 0 spiro atoms. The SMILES string of the molecule is CC[C@@H](C)[C@H](NC(=O)c1ccccc1)C(=O)N1CCN(c2ncccn2)CC1. The Morgan fingerprint density at radius 3 is 2.29 bits per heavy atom. The number of amides is 2. The minimum atomic E-state index is -0.530. The first-order chi connectivity index (χ1) is 13.6. The monoisotopic (exact) mass is 381 g/mol. The van der Waals surface area contributed by atoms with Crippen molar-refractivity contribution < 1.29 is 9.59 Å². The summed E-state index contributed by atoms with van der Waals surface area (Å²) in [6.07, 6.45) is 4.25. The van der Waals surface area contributed by atoms with Crippen molar-refractivity contribution in [3.05, 3.63) is 54.4 Å². The van der Waals surface area contributed by atoms with Crippen molar-refractivity contribution in [1.29, 1.82) is 0 Å². The minimum Gasteiger partial charge on any atom is -0.340 e. The molecule has 2 aromatic rings. The first kappa shape index (κ1) is 19.8. The molecule has 0 unspecified atom stereocenters. The van der Waals surface area contributed by atoms with Gasteiger partial charge in [0.05, 0.1) is 0 Å². The number of hydrogen-bond donors (Lipinski definition) is 1. The van der Waals surface area contributed by atoms with Gasteiger partial charge in [0.1, 0.15) is 6.04 Å². The third-order valence-corrected chi connectivity index (χ3v) is 5.23. The van der Waals surface area contributed by atoms with E-state index in [1.807, 2.05) is 36.9 Å². The van der Waals surface area contributed by atoms with Crippen LogP contribution in [0.3, 0.4) is 0 Å². The van der Waals surface area contributed by atoms with Gasteiger partial charge in [0, 0.05) is 44.1 Å². The Labute approximate surface area is 165 Å². The number of anilines is 1. The van der Waals surface area contributed by atoms with Gasteiger partial charge in [0.15, 0.2) is 0 Å². The number of rotatable bonds is 6. The Morgan fingerprint density at radius 2 is 1.68 bits per heavy atom. The molecule has 0 saturated carbocycles. The minimum absolute atomic E-state index is 0.0211. The summed E-state index contributed by atoms with van der Waals surface area (Å²) in [5.41, 5.74) is 0.564. The second-order valence-electron chi connectivity index (χ2n) is 7.06. The molecule has 0 bridgehead atoms. The number of carbonyl (C=O) groups is 2. The second-order valence-corrected chi connectivity index (χ2v) is 7.06. The number of hydrogen-bond acceptors (Lipinski definition) is 5. The second kappa shape index (κ2) is 9.30. The van der Waals surface area contributed by atoms with Crippen LogP contribution in [-0.2, 0) is 4.79 Å². The first-order valence-electron chi connectivity index (χ1n) is 9.76. The Morgan fingerprint density at radius 1 is 1.04 bits per heavy atom. The molecule has 1 aliphatic rings. The Kier molecular flexibility index (Phi) is 6.57. The van der Waals surface area contributed by atoms with Crippen molar-refractivity contribution in [2.45, 2.75) is 26.3 Å². The highest BCUT2D eigenvalue weighted by atomic mass is 16.2. The van der Waals surface area contributed by atoms with Crippen LogP contribution < -0.4 is 10.2 Å². The number of nitrogens with one attached hydrogen (secondary N) is 1. The Bertz CT molecular complexity index is 776. The molecule has 3 rings (SSSR count). The van der Waals surface area contributed by atoms with E-state index in [1.165, 1.54) is 0 Å². The van der Waals surface area contributed by atoms with E-state index in [0.29, 0.717) is 37.7 Å². The van der Waals surface area contributed by atoms with E-state index in [0.717, 1.165) is 6.42 Å². The largest absolute Gasteiger partial charge is 0.340 e. The van der Waals surface area contributed by atoms with Gasteiger partial charge in [-0.3, -0.25) is 9.59 Å². The maximum atomic E-state index is 13.2. The van der Waals surface area contributed by atoms with Gasteiger partial charge in [-0.2, -0.15) is 0 Å². The van der Waals surface area contributed by atoms with Crippen LogP contribution in [0.15, 0.2) is 48.8 Å². The predicted octanol–water partition coefficient (Wildman–Crippen LogP) is 1.97. The quantitative estimate of drug-likeness (QED) is 0.828. The molecule has 1 aromatic heterocycles. The van der Waals surface area contributed by atoms with Crippen molar-refractivity contribution in [3.63, 3.8) is 0 Å². The highest BCUT2D eigenvalue weighted by molar-refractivity contribution is 5.97. The van der Waals surface area contributed by atoms with E-state index in [4.69, 9.17) is 0 Å². The van der Waals surface area contributed by atoms with Gasteiger partial charge in [-0.25, -0.2) is 9.97 Å². The van der Waals surface area contributed by atoms with E-state index in [1.54, 1.807) is 30.6 Å². The molecule has 148 valence electrons. The number of benzene rings is 1. The molecule has 7 nitrogen and oxygen atoms in total. The zero-order valence-corrected chi connectivity index (χ0v) is 16.4. The van der Waals surface area contributed by atoms with Crippen molar-refractivity contribution in [3.8, 4) is 0 Å². The van der Waals surface area contributed by atoms with Gasteiger partial charge in [0.2, 0.25) is 11.9 Å². The number of nitrogens with zero attached hydrogens (tertiary/aromatic N) is 4. The molecule has 1 N–H and O–H groups in total. The van der Waals surface area contributed by atoms with Crippen molar-refractivity contribution >= 4 is 17.8 Å². The zero-order valence-electron chi connectivity index (χ0n) is 16.4. The number of piperazine rings is 1. The van der Waals surface area contributed by atoms with Gasteiger partial charge >= 0.3 is 0 Å². The normalized spacial score (nSPS) is 16.4. The van der Waals surface area contributed by atoms with Crippen molar-refractivity contribution in [1.82, 2.24) is 20.2 Å². The lowest BCUT2D eigenvalue weighted by molar-refractivity contribution is -0.134. The van der Waals surface area contributed by atoms with Crippen molar-refractivity contribution in [2.75, 3.05) is 31.1 Å². The molecule has 1 aromatic carbocycles. The third-order valence-electron chi connectivity index (χ3n) is 5.23. The molecule has 0 aliphatic carbocycles. The van der Waals surface area contributed by atoms with E-state index >= 15 is 0 Å². The fourth-order valence-corrected chi connectivity index (χ4v) is 3.28. The summed E-state index contributed by atoms with van der Waals surface area (Å²) in [7, 11) is 0. The summed E-state index contributed by atoms with van der Waals surface area (Å²) in [5.74, 6) is 0.504. The van der Waals surface area contributed by atoms with E-state index in [-0.39, 0.29) is 17.7 Å². The topological polar surface area (TPSA) is 78.4 Å². The number of carbonyl (C=O) groups excluding carboxylic acids is 2. The Balaban J connectivity index is 1.64. The molecule has 7 heteroatoms. The average Bonchev–Trinajstić information content (AvgIpc) is 2.77. The Hall–Kier alpha value is -2.96. The van der Waals surface area contributed by atoms with Crippen molar-refractivity contribution in [2.24, 2.45) is 5.92 Å². The third kappa shape index (κ3) is 4.65. The fraction of sp³-hybridized carbons (Fsp3) is 0.429. The standard InChI is InChI=1S/C21H27N5O2/c1-3-16(2)18(24-19(27)17-8-5-4-6-9-17)20(28)25-12-14-26(15-13-25)21-22-10-7-11-23-21/h4-11,16,18H,3,12-15H2,1-2H3,(H,24,27)/t16-,18+/m1/s1. The van der Waals surface area contributed by atoms with E-state index in [9.17, 15) is 9.59 Å². The van der Waals surface area contributed by atoms with Gasteiger partial charge in [-0.1, -0.05) is 38.5 Å². The predicted molar refractivity (Wildman–Crippen MR) is 108 cm³/mol.